The van der Waals surface area contributed by atoms with Crippen molar-refractivity contribution in [3.63, 3.8) is 0 Å². The van der Waals surface area contributed by atoms with Crippen molar-refractivity contribution in [3.8, 4) is 0 Å². The van der Waals surface area contributed by atoms with Crippen molar-refractivity contribution >= 4 is 15.9 Å². The number of benzene rings is 1. The Morgan fingerprint density at radius 1 is 1.36 bits per heavy atom. The quantitative estimate of drug-likeness (QED) is 0.802. The van der Waals surface area contributed by atoms with E-state index in [1.807, 2.05) is 6.07 Å². The van der Waals surface area contributed by atoms with Crippen LogP contribution in [0.4, 0.5) is 4.39 Å². The molecule has 0 atom stereocenters. The summed E-state index contributed by atoms with van der Waals surface area (Å²) in [6.45, 7) is 4.07. The SMILES string of the molecule is CCCNCCc1ccc(Br)c(F)c1. The molecule has 1 rings (SSSR count). The van der Waals surface area contributed by atoms with Crippen LogP contribution in [0, 0.1) is 5.82 Å². The molecule has 0 aliphatic heterocycles. The zero-order valence-electron chi connectivity index (χ0n) is 8.32. The van der Waals surface area contributed by atoms with Crippen molar-refractivity contribution in [2.24, 2.45) is 0 Å². The second-order valence-electron chi connectivity index (χ2n) is 3.25. The Kier molecular flexibility index (Phi) is 5.12. The Hall–Kier alpha value is -0.410. The van der Waals surface area contributed by atoms with Gasteiger partial charge in [-0.25, -0.2) is 4.39 Å². The second kappa shape index (κ2) is 6.14. The van der Waals surface area contributed by atoms with Crippen LogP contribution >= 0.6 is 15.9 Å². The topological polar surface area (TPSA) is 12.0 Å². The highest BCUT2D eigenvalue weighted by Gasteiger charge is 1.99. The summed E-state index contributed by atoms with van der Waals surface area (Å²) in [6, 6.07) is 5.28. The van der Waals surface area contributed by atoms with Crippen LogP contribution in [0.3, 0.4) is 0 Å². The van der Waals surface area contributed by atoms with Gasteiger partial charge in [0.1, 0.15) is 5.82 Å². The van der Waals surface area contributed by atoms with Crippen LogP contribution in [-0.4, -0.2) is 13.1 Å². The molecule has 0 amide bonds. The summed E-state index contributed by atoms with van der Waals surface area (Å²) in [7, 11) is 0. The van der Waals surface area contributed by atoms with Gasteiger partial charge in [-0.15, -0.1) is 0 Å². The first kappa shape index (κ1) is 11.7. The summed E-state index contributed by atoms with van der Waals surface area (Å²) in [6.07, 6.45) is 2.01. The summed E-state index contributed by atoms with van der Waals surface area (Å²) >= 11 is 3.13. The van der Waals surface area contributed by atoms with Crippen LogP contribution in [0.15, 0.2) is 22.7 Å². The molecule has 14 heavy (non-hydrogen) atoms. The van der Waals surface area contributed by atoms with Crippen molar-refractivity contribution in [3.05, 3.63) is 34.1 Å². The Labute approximate surface area is 92.8 Å². The number of rotatable bonds is 5. The number of hydrogen-bond donors (Lipinski definition) is 1. The first-order valence-corrected chi connectivity index (χ1v) is 5.68. The Morgan fingerprint density at radius 2 is 2.14 bits per heavy atom. The molecule has 1 N–H and O–H groups in total. The van der Waals surface area contributed by atoms with E-state index < -0.39 is 0 Å². The highest BCUT2D eigenvalue weighted by Crippen LogP contribution is 2.16. The molecule has 0 unspecified atom stereocenters. The van der Waals surface area contributed by atoms with Gasteiger partial charge in [0.2, 0.25) is 0 Å². The molecular formula is C11H15BrFN. The molecule has 0 fully saturated rings. The molecule has 1 nitrogen and oxygen atoms in total. The fourth-order valence-corrected chi connectivity index (χ4v) is 1.48. The number of hydrogen-bond acceptors (Lipinski definition) is 1. The average Bonchev–Trinajstić information content (AvgIpc) is 2.18. The third-order valence-corrected chi connectivity index (χ3v) is 2.64. The lowest BCUT2D eigenvalue weighted by Gasteiger charge is -2.04. The standard InChI is InChI=1S/C11H15BrFN/c1-2-6-14-7-5-9-3-4-10(12)11(13)8-9/h3-4,8,14H,2,5-7H2,1H3. The highest BCUT2D eigenvalue weighted by atomic mass is 79.9. The Bertz CT molecular complexity index is 289. The van der Waals surface area contributed by atoms with Crippen molar-refractivity contribution in [2.45, 2.75) is 19.8 Å². The molecule has 0 bridgehead atoms. The summed E-state index contributed by atoms with van der Waals surface area (Å²) in [5.41, 5.74) is 1.04. The lowest BCUT2D eigenvalue weighted by atomic mass is 10.1. The van der Waals surface area contributed by atoms with Gasteiger partial charge in [-0.05, 0) is 59.6 Å². The minimum absolute atomic E-state index is 0.182. The zero-order chi connectivity index (χ0) is 10.4. The van der Waals surface area contributed by atoms with Crippen LogP contribution < -0.4 is 5.32 Å². The molecule has 1 aromatic carbocycles. The Morgan fingerprint density at radius 3 is 2.79 bits per heavy atom. The van der Waals surface area contributed by atoms with Gasteiger partial charge in [0, 0.05) is 0 Å². The lowest BCUT2D eigenvalue weighted by Crippen LogP contribution is -2.17. The molecule has 0 radical (unpaired) electrons. The van der Waals surface area contributed by atoms with Gasteiger partial charge in [-0.1, -0.05) is 13.0 Å². The number of halogens is 2. The molecular weight excluding hydrogens is 245 g/mol. The van der Waals surface area contributed by atoms with Crippen LogP contribution in [0.1, 0.15) is 18.9 Å². The molecule has 3 heteroatoms. The molecule has 0 aliphatic carbocycles. The molecule has 1 aromatic rings. The van der Waals surface area contributed by atoms with Gasteiger partial charge in [0.05, 0.1) is 4.47 Å². The summed E-state index contributed by atoms with van der Waals surface area (Å²) in [5.74, 6) is -0.182. The molecule has 0 heterocycles. The minimum Gasteiger partial charge on any atom is -0.316 e. The number of nitrogens with one attached hydrogen (secondary N) is 1. The molecule has 0 aromatic heterocycles. The highest BCUT2D eigenvalue weighted by molar-refractivity contribution is 9.10. The van der Waals surface area contributed by atoms with E-state index in [0.717, 1.165) is 31.5 Å². The molecule has 0 spiro atoms. The smallest absolute Gasteiger partial charge is 0.137 e. The van der Waals surface area contributed by atoms with Gasteiger partial charge in [0.25, 0.3) is 0 Å². The molecule has 78 valence electrons. The van der Waals surface area contributed by atoms with E-state index in [-0.39, 0.29) is 5.82 Å². The van der Waals surface area contributed by atoms with Crippen LogP contribution in [0.25, 0.3) is 0 Å². The van der Waals surface area contributed by atoms with Crippen molar-refractivity contribution in [1.82, 2.24) is 5.32 Å². The van der Waals surface area contributed by atoms with Crippen LogP contribution in [0.2, 0.25) is 0 Å². The van der Waals surface area contributed by atoms with E-state index in [0.29, 0.717) is 4.47 Å². The molecule has 0 saturated carbocycles. The van der Waals surface area contributed by atoms with E-state index in [9.17, 15) is 4.39 Å². The fourth-order valence-electron chi connectivity index (χ4n) is 1.23. The van der Waals surface area contributed by atoms with E-state index >= 15 is 0 Å². The van der Waals surface area contributed by atoms with E-state index in [1.165, 1.54) is 0 Å². The Balaban J connectivity index is 2.39. The summed E-state index contributed by atoms with van der Waals surface area (Å²) in [5, 5.41) is 3.28. The fraction of sp³-hybridized carbons (Fsp3) is 0.455. The first-order valence-electron chi connectivity index (χ1n) is 4.88. The van der Waals surface area contributed by atoms with Crippen molar-refractivity contribution < 1.29 is 4.39 Å². The van der Waals surface area contributed by atoms with Crippen molar-refractivity contribution in [2.75, 3.05) is 13.1 Å². The maximum absolute atomic E-state index is 13.1. The minimum atomic E-state index is -0.182. The van der Waals surface area contributed by atoms with E-state index in [2.05, 4.69) is 28.2 Å². The normalized spacial score (nSPS) is 10.5. The molecule has 0 saturated heterocycles. The van der Waals surface area contributed by atoms with E-state index in [4.69, 9.17) is 0 Å². The summed E-state index contributed by atoms with van der Waals surface area (Å²) in [4.78, 5) is 0. The predicted molar refractivity (Wildman–Crippen MR) is 61.0 cm³/mol. The molecule has 0 aliphatic rings. The third kappa shape index (κ3) is 3.76. The first-order chi connectivity index (χ1) is 6.74. The van der Waals surface area contributed by atoms with Crippen LogP contribution in [0.5, 0.6) is 0 Å². The largest absolute Gasteiger partial charge is 0.316 e. The van der Waals surface area contributed by atoms with Gasteiger partial charge < -0.3 is 5.32 Å². The average molecular weight is 260 g/mol. The monoisotopic (exact) mass is 259 g/mol. The van der Waals surface area contributed by atoms with Gasteiger partial charge in [0.15, 0.2) is 0 Å². The van der Waals surface area contributed by atoms with Crippen molar-refractivity contribution in [1.29, 1.82) is 0 Å². The maximum Gasteiger partial charge on any atom is 0.137 e. The predicted octanol–water partition coefficient (Wildman–Crippen LogP) is 3.13. The summed E-state index contributed by atoms with van der Waals surface area (Å²) < 4.78 is 13.6. The van der Waals surface area contributed by atoms with Gasteiger partial charge in [-0.3, -0.25) is 0 Å². The second-order valence-corrected chi connectivity index (χ2v) is 4.10. The van der Waals surface area contributed by atoms with E-state index in [1.54, 1.807) is 12.1 Å². The lowest BCUT2D eigenvalue weighted by molar-refractivity contribution is 0.616. The zero-order valence-corrected chi connectivity index (χ0v) is 9.90. The van der Waals surface area contributed by atoms with Crippen LogP contribution in [-0.2, 0) is 6.42 Å². The third-order valence-electron chi connectivity index (χ3n) is 2.00. The van der Waals surface area contributed by atoms with Gasteiger partial charge in [-0.2, -0.15) is 0 Å². The van der Waals surface area contributed by atoms with Gasteiger partial charge >= 0.3 is 0 Å². The maximum atomic E-state index is 13.1.